The maximum absolute atomic E-state index is 11.7. The normalized spacial score (nSPS) is 28.5. The highest BCUT2D eigenvalue weighted by Gasteiger charge is 2.36. The van der Waals surface area contributed by atoms with Crippen molar-refractivity contribution in [3.8, 4) is 0 Å². The van der Waals surface area contributed by atoms with Gasteiger partial charge in [0, 0.05) is 19.0 Å². The molecule has 0 amide bonds. The van der Waals surface area contributed by atoms with Crippen molar-refractivity contribution in [1.29, 1.82) is 0 Å². The van der Waals surface area contributed by atoms with Crippen LogP contribution in [0.1, 0.15) is 12.8 Å². The Kier molecular flexibility index (Phi) is 4.79. The summed E-state index contributed by atoms with van der Waals surface area (Å²) in [5, 5.41) is 18.5. The molecule has 0 radical (unpaired) electrons. The lowest BCUT2D eigenvalue weighted by Crippen LogP contribution is -2.32. The Labute approximate surface area is 94.7 Å². The summed E-state index contributed by atoms with van der Waals surface area (Å²) in [7, 11) is -3.34. The van der Waals surface area contributed by atoms with Crippen LogP contribution >= 0.6 is 11.6 Å². The third kappa shape index (κ3) is 3.57. The third-order valence-corrected chi connectivity index (χ3v) is 4.56. The number of nitrogens with zero attached hydrogens (tertiary/aromatic N) is 1. The Bertz CT molecular complexity index is 285. The number of sulfonamides is 1. The van der Waals surface area contributed by atoms with Gasteiger partial charge in [-0.05, 0) is 12.8 Å². The Morgan fingerprint density at radius 2 is 1.73 bits per heavy atom. The highest BCUT2D eigenvalue weighted by atomic mass is 35.5. The van der Waals surface area contributed by atoms with Gasteiger partial charge < -0.3 is 10.2 Å². The van der Waals surface area contributed by atoms with E-state index in [1.165, 1.54) is 0 Å². The Morgan fingerprint density at radius 1 is 1.20 bits per heavy atom. The number of β-amino-alcohol motifs (C(OH)–C–C–N with tert-alkyl or cyclic N) is 2. The van der Waals surface area contributed by atoms with Crippen LogP contribution in [0.15, 0.2) is 0 Å². The predicted molar refractivity (Wildman–Crippen MR) is 57.3 cm³/mol. The average Bonchev–Trinajstić information content (AvgIpc) is 2.48. The van der Waals surface area contributed by atoms with Gasteiger partial charge in [-0.2, -0.15) is 4.31 Å². The van der Waals surface area contributed by atoms with Gasteiger partial charge in [-0.15, -0.1) is 11.6 Å². The van der Waals surface area contributed by atoms with E-state index in [1.54, 1.807) is 0 Å². The fourth-order valence-corrected chi connectivity index (χ4v) is 3.25. The van der Waals surface area contributed by atoms with Crippen molar-refractivity contribution < 1.29 is 18.6 Å². The molecule has 0 aromatic rings. The summed E-state index contributed by atoms with van der Waals surface area (Å²) < 4.78 is 24.5. The van der Waals surface area contributed by atoms with Crippen LogP contribution in [0.2, 0.25) is 0 Å². The quantitative estimate of drug-likeness (QED) is 0.508. The van der Waals surface area contributed by atoms with E-state index in [9.17, 15) is 18.6 Å². The van der Waals surface area contributed by atoms with Crippen molar-refractivity contribution in [2.75, 3.05) is 24.7 Å². The lowest BCUT2D eigenvalue weighted by atomic mass is 10.3. The summed E-state index contributed by atoms with van der Waals surface area (Å²) in [6, 6.07) is 0. The van der Waals surface area contributed by atoms with Crippen LogP contribution in [-0.4, -0.2) is 59.9 Å². The van der Waals surface area contributed by atoms with Crippen molar-refractivity contribution in [3.63, 3.8) is 0 Å². The molecule has 15 heavy (non-hydrogen) atoms. The fourth-order valence-electron chi connectivity index (χ4n) is 1.47. The lowest BCUT2D eigenvalue weighted by Gasteiger charge is -2.14. The number of rotatable bonds is 5. The van der Waals surface area contributed by atoms with Crippen LogP contribution in [0.25, 0.3) is 0 Å². The number of alkyl halides is 1. The first-order valence-electron chi connectivity index (χ1n) is 4.87. The van der Waals surface area contributed by atoms with Crippen LogP contribution in [0.5, 0.6) is 0 Å². The standard InChI is InChI=1S/C8H16ClNO4S/c9-3-1-2-4-15(13,14)10-5-7(11)8(12)6-10/h7-8,11-12H,1-6H2/t7-,8+. The van der Waals surface area contributed by atoms with Gasteiger partial charge in [-0.3, -0.25) is 0 Å². The number of hydrogen-bond donors (Lipinski definition) is 2. The van der Waals surface area contributed by atoms with Gasteiger partial charge in [0.1, 0.15) is 0 Å². The van der Waals surface area contributed by atoms with E-state index < -0.39 is 22.2 Å². The van der Waals surface area contributed by atoms with Crippen LogP contribution in [0.4, 0.5) is 0 Å². The topological polar surface area (TPSA) is 77.8 Å². The molecule has 0 bridgehead atoms. The summed E-state index contributed by atoms with van der Waals surface area (Å²) >= 11 is 5.45. The third-order valence-electron chi connectivity index (χ3n) is 2.40. The summed E-state index contributed by atoms with van der Waals surface area (Å²) in [4.78, 5) is 0. The number of aliphatic hydroxyl groups is 2. The molecule has 1 aliphatic heterocycles. The first-order chi connectivity index (χ1) is 6.97. The zero-order valence-corrected chi connectivity index (χ0v) is 9.91. The highest BCUT2D eigenvalue weighted by molar-refractivity contribution is 7.89. The summed E-state index contributed by atoms with van der Waals surface area (Å²) in [5.74, 6) is 0.472. The monoisotopic (exact) mass is 257 g/mol. The van der Waals surface area contributed by atoms with Gasteiger partial charge in [-0.25, -0.2) is 8.42 Å². The largest absolute Gasteiger partial charge is 0.389 e. The van der Waals surface area contributed by atoms with E-state index >= 15 is 0 Å². The van der Waals surface area contributed by atoms with E-state index in [2.05, 4.69) is 0 Å². The van der Waals surface area contributed by atoms with Crippen molar-refractivity contribution >= 4 is 21.6 Å². The maximum Gasteiger partial charge on any atom is 0.214 e. The molecule has 0 saturated carbocycles. The number of hydrogen-bond acceptors (Lipinski definition) is 4. The molecule has 1 heterocycles. The summed E-state index contributed by atoms with van der Waals surface area (Å²) in [6.07, 6.45) is -0.769. The second-order valence-electron chi connectivity index (χ2n) is 3.66. The van der Waals surface area contributed by atoms with Crippen molar-refractivity contribution in [1.82, 2.24) is 4.31 Å². The van der Waals surface area contributed by atoms with Crippen LogP contribution in [-0.2, 0) is 10.0 Å². The first-order valence-corrected chi connectivity index (χ1v) is 7.01. The molecule has 1 rings (SSSR count). The number of halogens is 1. The molecule has 0 aromatic carbocycles. The van der Waals surface area contributed by atoms with E-state index in [4.69, 9.17) is 11.6 Å². The zero-order valence-electron chi connectivity index (χ0n) is 8.34. The molecule has 0 aromatic heterocycles. The van der Waals surface area contributed by atoms with Gasteiger partial charge in [-0.1, -0.05) is 0 Å². The molecular weight excluding hydrogens is 242 g/mol. The molecule has 90 valence electrons. The van der Waals surface area contributed by atoms with Crippen molar-refractivity contribution in [2.24, 2.45) is 0 Å². The van der Waals surface area contributed by atoms with E-state index in [0.29, 0.717) is 18.7 Å². The first kappa shape index (κ1) is 13.2. The number of aliphatic hydroxyl groups excluding tert-OH is 2. The second-order valence-corrected chi connectivity index (χ2v) is 6.13. The minimum Gasteiger partial charge on any atom is -0.389 e. The van der Waals surface area contributed by atoms with Crippen molar-refractivity contribution in [2.45, 2.75) is 25.0 Å². The average molecular weight is 258 g/mol. The predicted octanol–water partition coefficient (Wildman–Crippen LogP) is -0.627. The summed E-state index contributed by atoms with van der Waals surface area (Å²) in [6.45, 7) is -0.0191. The van der Waals surface area contributed by atoms with Crippen LogP contribution < -0.4 is 0 Å². The van der Waals surface area contributed by atoms with E-state index in [1.807, 2.05) is 0 Å². The maximum atomic E-state index is 11.7. The molecule has 1 saturated heterocycles. The Morgan fingerprint density at radius 3 is 2.20 bits per heavy atom. The Balaban J connectivity index is 2.48. The van der Waals surface area contributed by atoms with Gasteiger partial charge in [0.15, 0.2) is 0 Å². The molecule has 0 aliphatic carbocycles. The number of unbranched alkanes of at least 4 members (excludes halogenated alkanes) is 1. The summed E-state index contributed by atoms with van der Waals surface area (Å²) in [5.41, 5.74) is 0. The SMILES string of the molecule is O=S(=O)(CCCCCl)N1C[C@@H](O)[C@@H](O)C1. The molecular formula is C8H16ClNO4S. The molecule has 5 nitrogen and oxygen atoms in total. The van der Waals surface area contributed by atoms with Gasteiger partial charge in [0.2, 0.25) is 10.0 Å². The molecule has 2 atom stereocenters. The smallest absolute Gasteiger partial charge is 0.214 e. The van der Waals surface area contributed by atoms with Gasteiger partial charge in [0.25, 0.3) is 0 Å². The van der Waals surface area contributed by atoms with E-state index in [0.717, 1.165) is 4.31 Å². The molecule has 1 aliphatic rings. The van der Waals surface area contributed by atoms with Gasteiger partial charge in [0.05, 0.1) is 18.0 Å². The molecule has 0 spiro atoms. The highest BCUT2D eigenvalue weighted by Crippen LogP contribution is 2.15. The molecule has 2 N–H and O–H groups in total. The molecule has 7 heteroatoms. The fraction of sp³-hybridized carbons (Fsp3) is 1.00. The minimum absolute atomic E-state index is 0.00955. The molecule has 0 unspecified atom stereocenters. The zero-order chi connectivity index (χ0) is 11.5. The van der Waals surface area contributed by atoms with Crippen LogP contribution in [0.3, 0.4) is 0 Å². The molecule has 1 fully saturated rings. The van der Waals surface area contributed by atoms with Gasteiger partial charge >= 0.3 is 0 Å². The van der Waals surface area contributed by atoms with E-state index in [-0.39, 0.29) is 18.8 Å². The van der Waals surface area contributed by atoms with Crippen molar-refractivity contribution in [3.05, 3.63) is 0 Å². The second kappa shape index (κ2) is 5.45. The lowest BCUT2D eigenvalue weighted by molar-refractivity contribution is 0.0572. The minimum atomic E-state index is -3.34. The van der Waals surface area contributed by atoms with Crippen LogP contribution in [0, 0.1) is 0 Å². The Hall–Kier alpha value is 0.120.